The molecule has 0 heterocycles. The first-order valence-electron chi connectivity index (χ1n) is 10.9. The number of alkyl halides is 3. The number of halogens is 6. The molecule has 3 rings (SSSR count). The van der Waals surface area contributed by atoms with Gasteiger partial charge in [-0.3, -0.25) is 9.59 Å². The predicted octanol–water partition coefficient (Wildman–Crippen LogP) is 5.35. The van der Waals surface area contributed by atoms with Crippen LogP contribution in [0.1, 0.15) is 39.4 Å². The van der Waals surface area contributed by atoms with Gasteiger partial charge in [0.25, 0.3) is 5.91 Å². The lowest BCUT2D eigenvalue weighted by Gasteiger charge is -2.18. The van der Waals surface area contributed by atoms with E-state index in [1.165, 1.54) is 18.2 Å². The zero-order valence-electron chi connectivity index (χ0n) is 19.5. The average molecular weight is 570 g/mol. The van der Waals surface area contributed by atoms with Gasteiger partial charge >= 0.3 is 6.18 Å². The van der Waals surface area contributed by atoms with Crippen molar-refractivity contribution >= 4 is 52.2 Å². The van der Waals surface area contributed by atoms with Crippen LogP contribution in [0, 0.1) is 5.82 Å². The molecule has 0 aromatic heterocycles. The molecule has 7 nitrogen and oxygen atoms in total. The second-order valence-electron chi connectivity index (χ2n) is 8.12. The molecule has 0 saturated heterocycles. The number of carbonyl (C=O) groups is 2. The third kappa shape index (κ3) is 7.00. The summed E-state index contributed by atoms with van der Waals surface area (Å²) in [6.45, 7) is 0.198. The Bertz CT molecular complexity index is 1410. The van der Waals surface area contributed by atoms with Crippen LogP contribution in [-0.4, -0.2) is 24.2 Å². The molecule has 0 bridgehead atoms. The van der Waals surface area contributed by atoms with Crippen molar-refractivity contribution < 1.29 is 27.2 Å². The van der Waals surface area contributed by atoms with E-state index in [-0.39, 0.29) is 41.0 Å². The van der Waals surface area contributed by atoms with Crippen molar-refractivity contribution in [3.63, 3.8) is 0 Å². The van der Waals surface area contributed by atoms with E-state index in [0.29, 0.717) is 22.7 Å². The first kappa shape index (κ1) is 28.9. The molecule has 13 heteroatoms. The second-order valence-corrected chi connectivity index (χ2v) is 8.94. The number of benzene rings is 3. The smallest absolute Gasteiger partial charge is 0.398 e. The normalized spacial score (nSPS) is 12.8. The summed E-state index contributed by atoms with van der Waals surface area (Å²) in [6, 6.07) is 10.3. The van der Waals surface area contributed by atoms with Crippen LogP contribution in [0.25, 0.3) is 0 Å². The van der Waals surface area contributed by atoms with Crippen LogP contribution in [0.3, 0.4) is 0 Å². The van der Waals surface area contributed by atoms with Crippen molar-refractivity contribution in [2.75, 3.05) is 17.6 Å². The fraction of sp³-hybridized carbons (Fsp3) is 0.160. The number of hydrogen-bond donors (Lipinski definition) is 4. The number of nitrogens with one attached hydrogen (secondary N) is 1. The van der Waals surface area contributed by atoms with Gasteiger partial charge in [-0.1, -0.05) is 29.3 Å². The molecule has 1 atom stereocenters. The van der Waals surface area contributed by atoms with E-state index in [1.807, 2.05) is 0 Å². The van der Waals surface area contributed by atoms with Crippen molar-refractivity contribution in [3.05, 3.63) is 92.7 Å². The van der Waals surface area contributed by atoms with Gasteiger partial charge in [0.1, 0.15) is 11.7 Å². The fourth-order valence-electron chi connectivity index (χ4n) is 3.54. The monoisotopic (exact) mass is 569 g/mol. The number of rotatable bonds is 7. The van der Waals surface area contributed by atoms with Gasteiger partial charge in [-0.2, -0.15) is 18.2 Å². The molecule has 38 heavy (non-hydrogen) atoms. The molecule has 1 unspecified atom stereocenters. The highest BCUT2D eigenvalue weighted by Gasteiger charge is 2.32. The molecule has 200 valence electrons. The highest BCUT2D eigenvalue weighted by Crippen LogP contribution is 2.31. The second kappa shape index (κ2) is 11.8. The summed E-state index contributed by atoms with van der Waals surface area (Å²) in [4.78, 5) is 29.1. The van der Waals surface area contributed by atoms with Crippen molar-refractivity contribution in [1.29, 1.82) is 0 Å². The molecule has 0 saturated carbocycles. The molecule has 7 N–H and O–H groups in total. The van der Waals surface area contributed by atoms with Gasteiger partial charge in [0, 0.05) is 22.5 Å². The highest BCUT2D eigenvalue weighted by atomic mass is 35.5. The predicted molar refractivity (Wildman–Crippen MR) is 139 cm³/mol. The van der Waals surface area contributed by atoms with Crippen LogP contribution < -0.4 is 22.5 Å². The lowest BCUT2D eigenvalue weighted by Crippen LogP contribution is -2.24. The van der Waals surface area contributed by atoms with Gasteiger partial charge in [-0.15, -0.1) is 0 Å². The Kier molecular flexibility index (Phi) is 8.97. The van der Waals surface area contributed by atoms with E-state index in [0.717, 1.165) is 0 Å². The van der Waals surface area contributed by atoms with Crippen molar-refractivity contribution in [1.82, 2.24) is 0 Å². The standard InChI is InChI=1S/C25H21Cl2F4N5O2/c26-19-3-1-12(9-20(19)27)17(5-6-32)24(38)35-16-2-4-21(33)18(11-16)22(34)36-23(37)13-7-14(25(29,30)31)10-15(28)8-13/h1-4,7-11,17H,5-6,32-33H2,(H,35,38)(H2,34,36,37). The van der Waals surface area contributed by atoms with Gasteiger partial charge < -0.3 is 22.5 Å². The quantitative estimate of drug-likeness (QED) is 0.131. The molecular formula is C25H21Cl2F4N5O2. The Hall–Kier alpha value is -3.67. The minimum absolute atomic E-state index is 0.0218. The number of amidine groups is 1. The minimum atomic E-state index is -4.87. The summed E-state index contributed by atoms with van der Waals surface area (Å²) in [5, 5.41) is 3.29. The summed E-state index contributed by atoms with van der Waals surface area (Å²) in [7, 11) is 0. The Labute approximate surface area is 224 Å². The van der Waals surface area contributed by atoms with Gasteiger partial charge in [-0.05, 0) is 67.1 Å². The fourth-order valence-corrected chi connectivity index (χ4v) is 3.85. The molecule has 0 radical (unpaired) electrons. The van der Waals surface area contributed by atoms with E-state index in [4.69, 9.17) is 40.4 Å². The molecule has 0 aliphatic carbocycles. The summed E-state index contributed by atoms with van der Waals surface area (Å²) in [6.07, 6.45) is -4.58. The van der Waals surface area contributed by atoms with Gasteiger partial charge in [-0.25, -0.2) is 4.39 Å². The third-order valence-electron chi connectivity index (χ3n) is 5.41. The topological polar surface area (TPSA) is 137 Å². The maximum atomic E-state index is 13.7. The van der Waals surface area contributed by atoms with Crippen molar-refractivity contribution in [2.24, 2.45) is 16.5 Å². The van der Waals surface area contributed by atoms with E-state index >= 15 is 0 Å². The third-order valence-corrected chi connectivity index (χ3v) is 6.15. The number of anilines is 2. The molecule has 0 fully saturated rings. The number of hydrogen-bond acceptors (Lipinski definition) is 4. The van der Waals surface area contributed by atoms with E-state index in [9.17, 15) is 27.2 Å². The van der Waals surface area contributed by atoms with Crippen LogP contribution in [0.2, 0.25) is 10.0 Å². The Morgan fingerprint density at radius 3 is 2.34 bits per heavy atom. The molecule has 0 spiro atoms. The molecule has 0 aliphatic rings. The molecule has 2 amide bonds. The largest absolute Gasteiger partial charge is 0.416 e. The average Bonchev–Trinajstić information content (AvgIpc) is 2.84. The van der Waals surface area contributed by atoms with Crippen LogP contribution in [0.4, 0.5) is 28.9 Å². The SMILES string of the molecule is NCCC(C(=O)Nc1ccc(N)c(C(N)=NC(=O)c2cc(F)cc(C(F)(F)F)c2)c1)c1ccc(Cl)c(Cl)c1. The zero-order valence-corrected chi connectivity index (χ0v) is 21.0. The van der Waals surface area contributed by atoms with Crippen molar-refractivity contribution in [2.45, 2.75) is 18.5 Å². The maximum absolute atomic E-state index is 13.7. The number of amides is 2. The number of aliphatic imine (C=N–C) groups is 1. The Balaban J connectivity index is 1.88. The van der Waals surface area contributed by atoms with Gasteiger partial charge in [0.15, 0.2) is 0 Å². The van der Waals surface area contributed by atoms with Crippen LogP contribution >= 0.6 is 23.2 Å². The lowest BCUT2D eigenvalue weighted by atomic mass is 9.94. The molecular weight excluding hydrogens is 549 g/mol. The lowest BCUT2D eigenvalue weighted by molar-refractivity contribution is -0.137. The van der Waals surface area contributed by atoms with Gasteiger partial charge in [0.2, 0.25) is 5.91 Å². The van der Waals surface area contributed by atoms with E-state index in [2.05, 4.69) is 10.3 Å². The summed E-state index contributed by atoms with van der Waals surface area (Å²) in [5.41, 5.74) is 16.4. The van der Waals surface area contributed by atoms with Gasteiger partial charge in [0.05, 0.1) is 21.5 Å². The zero-order chi connectivity index (χ0) is 28.2. The Morgan fingerprint density at radius 2 is 1.71 bits per heavy atom. The highest BCUT2D eigenvalue weighted by molar-refractivity contribution is 6.42. The number of nitrogens with zero attached hydrogens (tertiary/aromatic N) is 1. The summed E-state index contributed by atoms with van der Waals surface area (Å²) < 4.78 is 52.6. The number of carbonyl (C=O) groups excluding carboxylic acids is 2. The molecule has 3 aromatic rings. The number of nitrogens with two attached hydrogens (primary N) is 3. The summed E-state index contributed by atoms with van der Waals surface area (Å²) >= 11 is 12.0. The Morgan fingerprint density at radius 1 is 1.00 bits per heavy atom. The van der Waals surface area contributed by atoms with Crippen LogP contribution in [0.15, 0.2) is 59.6 Å². The maximum Gasteiger partial charge on any atom is 0.416 e. The van der Waals surface area contributed by atoms with Crippen molar-refractivity contribution in [3.8, 4) is 0 Å². The molecule has 0 aliphatic heterocycles. The minimum Gasteiger partial charge on any atom is -0.398 e. The summed E-state index contributed by atoms with van der Waals surface area (Å²) in [5.74, 6) is -4.06. The first-order chi connectivity index (χ1) is 17.8. The van der Waals surface area contributed by atoms with E-state index < -0.39 is 46.7 Å². The van der Waals surface area contributed by atoms with Crippen LogP contribution in [0.5, 0.6) is 0 Å². The first-order valence-corrected chi connectivity index (χ1v) is 11.7. The number of nitrogen functional groups attached to an aromatic ring is 1. The van der Waals surface area contributed by atoms with Crippen LogP contribution in [-0.2, 0) is 11.0 Å². The molecule has 3 aromatic carbocycles. The van der Waals surface area contributed by atoms with E-state index in [1.54, 1.807) is 18.2 Å².